The molecule has 0 aliphatic rings. The van der Waals surface area contributed by atoms with E-state index in [0.29, 0.717) is 0 Å². The summed E-state index contributed by atoms with van der Waals surface area (Å²) in [7, 11) is 0. The van der Waals surface area contributed by atoms with Crippen LogP contribution in [0.3, 0.4) is 0 Å². The fraction of sp³-hybridized carbons (Fsp3) is 0. The summed E-state index contributed by atoms with van der Waals surface area (Å²) < 4.78 is 0. The van der Waals surface area contributed by atoms with Gasteiger partial charge in [-0.2, -0.15) is 0 Å². The van der Waals surface area contributed by atoms with Crippen molar-refractivity contribution >= 4 is 13.6 Å². The second-order valence-corrected chi connectivity index (χ2v) is 0. The number of carbonyl (C=O) groups is 2. The van der Waals surface area contributed by atoms with E-state index < -0.39 is 0 Å². The van der Waals surface area contributed by atoms with E-state index in [4.69, 9.17) is 9.59 Å². The molecule has 0 N–H and O–H groups in total. The van der Waals surface area contributed by atoms with Crippen molar-refractivity contribution in [2.45, 2.75) is 0 Å². The zero-order valence-corrected chi connectivity index (χ0v) is 4.70. The molecule has 0 aromatic heterocycles. The van der Waals surface area contributed by atoms with Crippen molar-refractivity contribution in [1.29, 1.82) is 0 Å². The maximum atomic E-state index is 8.00. The molecule has 0 heterocycles. The Bertz CT molecular complexity index is 9.61. The molecule has 0 saturated carbocycles. The first kappa shape index (κ1) is 19.5. The maximum absolute atomic E-state index is 8.00. The third-order valence-electron chi connectivity index (χ3n) is 0. The molecule has 5 heavy (non-hydrogen) atoms. The van der Waals surface area contributed by atoms with Crippen LogP contribution in [0.1, 0.15) is 0 Å². The largest absolute Gasteiger partial charge is 0.307 e. The van der Waals surface area contributed by atoms with Gasteiger partial charge >= 0.3 is 0 Å². The molecule has 0 amide bonds. The van der Waals surface area contributed by atoms with Crippen LogP contribution in [0.5, 0.6) is 0 Å². The molecular formula is C2H4AuO2. The second-order valence-electron chi connectivity index (χ2n) is 0. The van der Waals surface area contributed by atoms with Gasteiger partial charge < -0.3 is 9.59 Å². The Hall–Kier alpha value is 0.0803. The molecule has 0 aliphatic carbocycles. The molecule has 0 aromatic carbocycles. The fourth-order valence-electron chi connectivity index (χ4n) is 0. The monoisotopic (exact) mass is 257 g/mol. The summed E-state index contributed by atoms with van der Waals surface area (Å²) in [5.74, 6) is 0. The van der Waals surface area contributed by atoms with E-state index in [1.165, 1.54) is 0 Å². The molecule has 0 bridgehead atoms. The van der Waals surface area contributed by atoms with E-state index in [-0.39, 0.29) is 22.4 Å². The predicted molar refractivity (Wildman–Crippen MR) is 14.2 cm³/mol. The summed E-state index contributed by atoms with van der Waals surface area (Å²) in [4.78, 5) is 16.0. The minimum Gasteiger partial charge on any atom is -0.307 e. The van der Waals surface area contributed by atoms with Crippen LogP contribution >= 0.6 is 0 Å². The van der Waals surface area contributed by atoms with E-state index >= 15 is 0 Å². The average molecular weight is 257 g/mol. The Labute approximate surface area is 46.1 Å². The molecule has 0 unspecified atom stereocenters. The molecule has 0 fully saturated rings. The topological polar surface area (TPSA) is 34.1 Å². The summed E-state index contributed by atoms with van der Waals surface area (Å²) in [6.45, 7) is 4.00. The Morgan fingerprint density at radius 2 is 0.800 bits per heavy atom. The van der Waals surface area contributed by atoms with Gasteiger partial charge in [0.2, 0.25) is 0 Å². The Balaban J connectivity index is -0.0000000133. The SMILES string of the molecule is C=O.C=O.[Au]. The quantitative estimate of drug-likeness (QED) is 0.555. The molecule has 1 radical (unpaired) electrons. The van der Waals surface area contributed by atoms with Gasteiger partial charge in [-0.05, 0) is 0 Å². The zero-order valence-electron chi connectivity index (χ0n) is 2.53. The summed E-state index contributed by atoms with van der Waals surface area (Å²) in [6.07, 6.45) is 0. The smallest absolute Gasteiger partial charge is 0.106 e. The van der Waals surface area contributed by atoms with Gasteiger partial charge in [-0.15, -0.1) is 0 Å². The van der Waals surface area contributed by atoms with Gasteiger partial charge in [0.1, 0.15) is 13.6 Å². The van der Waals surface area contributed by atoms with Gasteiger partial charge in [-0.3, -0.25) is 0 Å². The standard InChI is InChI=1S/2CH2O.Au/c2*1-2;/h2*1H2;. The first-order chi connectivity index (χ1) is 2.00. The summed E-state index contributed by atoms with van der Waals surface area (Å²) in [6, 6.07) is 0. The van der Waals surface area contributed by atoms with E-state index in [2.05, 4.69) is 0 Å². The summed E-state index contributed by atoms with van der Waals surface area (Å²) in [5.41, 5.74) is 0. The molecular weight excluding hydrogens is 253 g/mol. The van der Waals surface area contributed by atoms with Gasteiger partial charge in [-0.25, -0.2) is 0 Å². The van der Waals surface area contributed by atoms with Crippen LogP contribution in [0.25, 0.3) is 0 Å². The fourth-order valence-corrected chi connectivity index (χ4v) is 0. The van der Waals surface area contributed by atoms with Crippen LogP contribution in [0.15, 0.2) is 0 Å². The molecule has 0 atom stereocenters. The predicted octanol–water partition coefficient (Wildman–Crippen LogP) is -0.372. The van der Waals surface area contributed by atoms with Crippen LogP contribution in [0.2, 0.25) is 0 Å². The van der Waals surface area contributed by atoms with Crippen molar-refractivity contribution in [2.24, 2.45) is 0 Å². The van der Waals surface area contributed by atoms with E-state index in [0.717, 1.165) is 0 Å². The van der Waals surface area contributed by atoms with Crippen molar-refractivity contribution in [2.75, 3.05) is 0 Å². The van der Waals surface area contributed by atoms with Gasteiger partial charge in [0.05, 0.1) is 0 Å². The Morgan fingerprint density at radius 1 is 0.800 bits per heavy atom. The normalized spacial score (nSPS) is 1.60. The molecule has 2 nitrogen and oxygen atoms in total. The van der Waals surface area contributed by atoms with Crippen molar-refractivity contribution in [1.82, 2.24) is 0 Å². The maximum Gasteiger partial charge on any atom is 0.106 e. The van der Waals surface area contributed by atoms with Gasteiger partial charge in [0.15, 0.2) is 0 Å². The molecule has 0 saturated heterocycles. The van der Waals surface area contributed by atoms with Gasteiger partial charge in [-0.1, -0.05) is 0 Å². The molecule has 35 valence electrons. The van der Waals surface area contributed by atoms with Crippen LogP contribution < -0.4 is 0 Å². The minimum absolute atomic E-state index is 0. The molecule has 0 spiro atoms. The Morgan fingerprint density at radius 3 is 0.800 bits per heavy atom. The van der Waals surface area contributed by atoms with Crippen molar-refractivity contribution < 1.29 is 32.0 Å². The first-order valence-electron chi connectivity index (χ1n) is 0.577. The van der Waals surface area contributed by atoms with E-state index in [9.17, 15) is 0 Å². The molecule has 3 heteroatoms. The first-order valence-corrected chi connectivity index (χ1v) is 0.577. The third kappa shape index (κ3) is 2740. The van der Waals surface area contributed by atoms with Gasteiger partial charge in [0, 0.05) is 22.4 Å². The van der Waals surface area contributed by atoms with Gasteiger partial charge in [0.25, 0.3) is 0 Å². The summed E-state index contributed by atoms with van der Waals surface area (Å²) in [5, 5.41) is 0. The summed E-state index contributed by atoms with van der Waals surface area (Å²) >= 11 is 0. The number of hydrogen-bond acceptors (Lipinski definition) is 2. The zero-order chi connectivity index (χ0) is 4.00. The van der Waals surface area contributed by atoms with Crippen molar-refractivity contribution in [3.63, 3.8) is 0 Å². The molecule has 0 rings (SSSR count). The second kappa shape index (κ2) is 6010. The Kier molecular flexibility index (Phi) is 23500. The van der Waals surface area contributed by atoms with Crippen LogP contribution in [0.4, 0.5) is 0 Å². The van der Waals surface area contributed by atoms with Crippen molar-refractivity contribution in [3.05, 3.63) is 0 Å². The van der Waals surface area contributed by atoms with Crippen molar-refractivity contribution in [3.8, 4) is 0 Å². The van der Waals surface area contributed by atoms with Crippen LogP contribution in [0, 0.1) is 0 Å². The average Bonchev–Trinajstić information content (AvgIpc) is 1.50. The van der Waals surface area contributed by atoms with E-state index in [1.54, 1.807) is 0 Å². The minimum atomic E-state index is 0. The van der Waals surface area contributed by atoms with Crippen LogP contribution in [-0.4, -0.2) is 13.6 Å². The number of rotatable bonds is 0. The third-order valence-corrected chi connectivity index (χ3v) is 0. The van der Waals surface area contributed by atoms with E-state index in [1.807, 2.05) is 13.6 Å². The molecule has 0 aromatic rings. The number of hydrogen-bond donors (Lipinski definition) is 0. The number of carbonyl (C=O) groups excluding carboxylic acids is 2. The molecule has 0 aliphatic heterocycles. The van der Waals surface area contributed by atoms with Crippen LogP contribution in [-0.2, 0) is 32.0 Å².